The van der Waals surface area contributed by atoms with Crippen LogP contribution in [0.4, 0.5) is 24.8 Å². The maximum Gasteiger partial charge on any atom is 0.416 e. The van der Waals surface area contributed by atoms with Crippen molar-refractivity contribution in [2.24, 2.45) is 12.8 Å². The Bertz CT molecular complexity index is 1620. The molecule has 4 rings (SSSR count). The Morgan fingerprint density at radius 2 is 1.98 bits per heavy atom. The molecule has 0 fully saturated rings. The van der Waals surface area contributed by atoms with Crippen molar-refractivity contribution in [1.29, 1.82) is 5.26 Å². The standard InChI is InChI=1S/C27H23F3N8O2/c1-37(13-21-17(14-39)4-3-5-22(21)27(28,29)30)25-10-18(9-24(35-25)33-12-23(32)40)20-8-16(11-31)6-7-19(20)26-36-34-15-38(26)2/h3-10,14-15H,12-13H2,1-2H3,(H2,32,40)(H,33,35). The van der Waals surface area contributed by atoms with Crippen molar-refractivity contribution in [3.63, 3.8) is 0 Å². The van der Waals surface area contributed by atoms with Crippen molar-refractivity contribution >= 4 is 23.8 Å². The zero-order chi connectivity index (χ0) is 29.0. The van der Waals surface area contributed by atoms with E-state index in [4.69, 9.17) is 5.73 Å². The molecule has 1 amide bonds. The molecule has 0 bridgehead atoms. The van der Waals surface area contributed by atoms with Gasteiger partial charge < -0.3 is 20.5 Å². The van der Waals surface area contributed by atoms with Crippen LogP contribution in [0.1, 0.15) is 27.0 Å². The zero-order valence-electron chi connectivity index (χ0n) is 21.4. The number of carbonyl (C=O) groups is 2. The van der Waals surface area contributed by atoms with Gasteiger partial charge in [-0.05, 0) is 53.1 Å². The number of pyridine rings is 1. The molecule has 0 spiro atoms. The molecule has 2 aromatic heterocycles. The Morgan fingerprint density at radius 1 is 1.20 bits per heavy atom. The molecule has 13 heteroatoms. The van der Waals surface area contributed by atoms with E-state index in [0.29, 0.717) is 34.4 Å². The number of nitrogens with one attached hydrogen (secondary N) is 1. The average molecular weight is 549 g/mol. The number of aryl methyl sites for hydroxylation is 1. The van der Waals surface area contributed by atoms with Crippen LogP contribution in [0, 0.1) is 11.3 Å². The summed E-state index contributed by atoms with van der Waals surface area (Å²) >= 11 is 0. The van der Waals surface area contributed by atoms with E-state index in [0.717, 1.165) is 6.07 Å². The number of aromatic nitrogens is 4. The molecule has 0 saturated carbocycles. The van der Waals surface area contributed by atoms with E-state index in [1.165, 1.54) is 30.4 Å². The third-order valence-corrected chi connectivity index (χ3v) is 6.10. The van der Waals surface area contributed by atoms with Gasteiger partial charge in [0.05, 0.1) is 23.7 Å². The van der Waals surface area contributed by atoms with Gasteiger partial charge in [0.1, 0.15) is 24.2 Å². The lowest BCUT2D eigenvalue weighted by molar-refractivity contribution is -0.138. The van der Waals surface area contributed by atoms with Crippen LogP contribution in [0.3, 0.4) is 0 Å². The fourth-order valence-electron chi connectivity index (χ4n) is 4.19. The van der Waals surface area contributed by atoms with E-state index in [2.05, 4.69) is 26.6 Å². The molecule has 0 aliphatic heterocycles. The monoisotopic (exact) mass is 548 g/mol. The number of primary amides is 1. The number of alkyl halides is 3. The SMILES string of the molecule is CN(Cc1c(C=O)cccc1C(F)(F)F)c1cc(-c2cc(C#N)ccc2-c2nncn2C)cc(NCC(N)=O)n1. The minimum atomic E-state index is -4.68. The first-order valence-corrected chi connectivity index (χ1v) is 11.8. The van der Waals surface area contributed by atoms with Crippen LogP contribution < -0.4 is 16.0 Å². The van der Waals surface area contributed by atoms with Gasteiger partial charge in [0, 0.05) is 31.8 Å². The smallest absolute Gasteiger partial charge is 0.368 e. The van der Waals surface area contributed by atoms with Gasteiger partial charge in [-0.2, -0.15) is 18.4 Å². The maximum absolute atomic E-state index is 13.8. The predicted molar refractivity (Wildman–Crippen MR) is 141 cm³/mol. The largest absolute Gasteiger partial charge is 0.416 e. The Kier molecular flexibility index (Phi) is 7.81. The van der Waals surface area contributed by atoms with Crippen LogP contribution in [0.25, 0.3) is 22.5 Å². The number of carbonyl (C=O) groups excluding carboxylic acids is 2. The van der Waals surface area contributed by atoms with Gasteiger partial charge >= 0.3 is 6.18 Å². The van der Waals surface area contributed by atoms with Crippen LogP contribution >= 0.6 is 0 Å². The third kappa shape index (κ3) is 5.91. The lowest BCUT2D eigenvalue weighted by Crippen LogP contribution is -2.24. The predicted octanol–water partition coefficient (Wildman–Crippen LogP) is 3.78. The van der Waals surface area contributed by atoms with Crippen molar-refractivity contribution in [2.75, 3.05) is 23.8 Å². The molecular weight excluding hydrogens is 525 g/mol. The second kappa shape index (κ2) is 11.2. The zero-order valence-corrected chi connectivity index (χ0v) is 21.4. The van der Waals surface area contributed by atoms with Gasteiger partial charge in [0.15, 0.2) is 5.82 Å². The summed E-state index contributed by atoms with van der Waals surface area (Å²) < 4.78 is 43.0. The van der Waals surface area contributed by atoms with E-state index in [-0.39, 0.29) is 35.9 Å². The molecule has 2 heterocycles. The lowest BCUT2D eigenvalue weighted by atomic mass is 9.97. The minimum absolute atomic E-state index is 0.101. The number of rotatable bonds is 9. The van der Waals surface area contributed by atoms with E-state index in [1.54, 1.807) is 41.9 Å². The number of halogens is 3. The molecule has 0 atom stereocenters. The number of aldehydes is 1. The van der Waals surface area contributed by atoms with Crippen LogP contribution in [0.15, 0.2) is 54.9 Å². The number of benzene rings is 2. The van der Waals surface area contributed by atoms with Crippen LogP contribution in [-0.4, -0.2) is 45.5 Å². The highest BCUT2D eigenvalue weighted by Gasteiger charge is 2.34. The fraction of sp³-hybridized carbons (Fsp3) is 0.185. The molecule has 0 aliphatic rings. The highest BCUT2D eigenvalue weighted by Crippen LogP contribution is 2.37. The second-order valence-corrected chi connectivity index (χ2v) is 8.90. The summed E-state index contributed by atoms with van der Waals surface area (Å²) in [6, 6.07) is 13.7. The normalized spacial score (nSPS) is 11.1. The molecule has 40 heavy (non-hydrogen) atoms. The number of nitrogens with two attached hydrogens (primary N) is 1. The molecule has 4 aromatic rings. The van der Waals surface area contributed by atoms with E-state index >= 15 is 0 Å². The van der Waals surface area contributed by atoms with E-state index in [1.807, 2.05) is 0 Å². The molecule has 0 aliphatic carbocycles. The summed E-state index contributed by atoms with van der Waals surface area (Å²) in [7, 11) is 3.28. The van der Waals surface area contributed by atoms with Crippen molar-refractivity contribution in [3.8, 4) is 28.6 Å². The lowest BCUT2D eigenvalue weighted by Gasteiger charge is -2.24. The first-order valence-electron chi connectivity index (χ1n) is 11.8. The minimum Gasteiger partial charge on any atom is -0.368 e. The van der Waals surface area contributed by atoms with Gasteiger partial charge in [0.25, 0.3) is 0 Å². The molecule has 0 radical (unpaired) electrons. The third-order valence-electron chi connectivity index (χ3n) is 6.10. The van der Waals surface area contributed by atoms with Gasteiger partial charge in [-0.3, -0.25) is 9.59 Å². The van der Waals surface area contributed by atoms with Gasteiger partial charge in [-0.25, -0.2) is 4.98 Å². The van der Waals surface area contributed by atoms with Crippen LogP contribution in [0.2, 0.25) is 0 Å². The molecule has 10 nitrogen and oxygen atoms in total. The Labute approximate surface area is 226 Å². The van der Waals surface area contributed by atoms with Crippen LogP contribution in [-0.2, 0) is 24.6 Å². The maximum atomic E-state index is 13.8. The van der Waals surface area contributed by atoms with Gasteiger partial charge in [-0.1, -0.05) is 12.1 Å². The number of anilines is 2. The Morgan fingerprint density at radius 3 is 2.60 bits per heavy atom. The number of nitriles is 1. The number of hydrogen-bond acceptors (Lipinski definition) is 8. The highest BCUT2D eigenvalue weighted by molar-refractivity contribution is 5.85. The van der Waals surface area contributed by atoms with Crippen molar-refractivity contribution < 1.29 is 22.8 Å². The van der Waals surface area contributed by atoms with Crippen molar-refractivity contribution in [3.05, 3.63) is 77.1 Å². The Hall–Kier alpha value is -5.25. The molecule has 204 valence electrons. The van der Waals surface area contributed by atoms with E-state index < -0.39 is 17.6 Å². The topological polar surface area (TPSA) is 143 Å². The summed E-state index contributed by atoms with van der Waals surface area (Å²) in [6.45, 7) is -0.552. The molecule has 0 saturated heterocycles. The van der Waals surface area contributed by atoms with E-state index in [9.17, 15) is 28.0 Å². The van der Waals surface area contributed by atoms with Crippen LogP contribution in [0.5, 0.6) is 0 Å². The van der Waals surface area contributed by atoms with Crippen molar-refractivity contribution in [2.45, 2.75) is 12.7 Å². The number of nitrogens with zero attached hydrogens (tertiary/aromatic N) is 6. The fourth-order valence-corrected chi connectivity index (χ4v) is 4.19. The molecular formula is C27H23F3N8O2. The first-order chi connectivity index (χ1) is 19.0. The molecule has 0 unspecified atom stereocenters. The number of hydrogen-bond donors (Lipinski definition) is 2. The van der Waals surface area contributed by atoms with Gasteiger partial charge in [-0.15, -0.1) is 10.2 Å². The quantitative estimate of drug-likeness (QED) is 0.301. The summed E-state index contributed by atoms with van der Waals surface area (Å²) in [5.74, 6) is 0.296. The summed E-state index contributed by atoms with van der Waals surface area (Å²) in [4.78, 5) is 29.0. The highest BCUT2D eigenvalue weighted by atomic mass is 19.4. The van der Waals surface area contributed by atoms with Crippen molar-refractivity contribution in [1.82, 2.24) is 19.7 Å². The first kappa shape index (κ1) is 27.8. The average Bonchev–Trinajstić information content (AvgIpc) is 3.36. The summed E-state index contributed by atoms with van der Waals surface area (Å²) in [6.07, 6.45) is -2.78. The molecule has 3 N–H and O–H groups in total. The Balaban J connectivity index is 1.87. The number of amides is 1. The molecule has 2 aromatic carbocycles. The summed E-state index contributed by atoms with van der Waals surface area (Å²) in [5.41, 5.74) is 6.13. The summed E-state index contributed by atoms with van der Waals surface area (Å²) in [5, 5.41) is 20.4. The van der Waals surface area contributed by atoms with Gasteiger partial charge in [0.2, 0.25) is 5.91 Å². The second-order valence-electron chi connectivity index (χ2n) is 8.90.